The number of nitrogens with zero attached hydrogens (tertiary/aromatic N) is 3. The van der Waals surface area contributed by atoms with Crippen LogP contribution in [0.5, 0.6) is 0 Å². The zero-order chi connectivity index (χ0) is 23.0. The van der Waals surface area contributed by atoms with Crippen LogP contribution < -0.4 is 5.32 Å². The maximum atomic E-state index is 12.7. The summed E-state index contributed by atoms with van der Waals surface area (Å²) < 4.78 is 26.8. The lowest BCUT2D eigenvalue weighted by Gasteiger charge is -2.15. The molecule has 0 atom stereocenters. The number of aryl methyl sites for hydroxylation is 2. The zero-order valence-electron chi connectivity index (χ0n) is 18.6. The van der Waals surface area contributed by atoms with Gasteiger partial charge in [0.1, 0.15) is 5.01 Å². The highest BCUT2D eigenvalue weighted by molar-refractivity contribution is 7.89. The summed E-state index contributed by atoms with van der Waals surface area (Å²) in [5.41, 5.74) is 6.09. The molecular weight excluding hydrogens is 444 g/mol. The quantitative estimate of drug-likeness (QED) is 0.594. The Kier molecular flexibility index (Phi) is 6.15. The first-order chi connectivity index (χ1) is 15.2. The van der Waals surface area contributed by atoms with Crippen molar-refractivity contribution in [2.75, 3.05) is 18.4 Å². The summed E-state index contributed by atoms with van der Waals surface area (Å²) in [6.07, 6.45) is 1.76. The highest BCUT2D eigenvalue weighted by atomic mass is 32.2. The van der Waals surface area contributed by atoms with Crippen molar-refractivity contribution >= 4 is 32.4 Å². The Morgan fingerprint density at radius 3 is 2.16 bits per heavy atom. The molecule has 2 heterocycles. The maximum absolute atomic E-state index is 12.7. The van der Waals surface area contributed by atoms with Crippen molar-refractivity contribution in [2.24, 2.45) is 0 Å². The van der Waals surface area contributed by atoms with E-state index in [1.165, 1.54) is 51.0 Å². The van der Waals surface area contributed by atoms with Crippen molar-refractivity contribution < 1.29 is 13.2 Å². The van der Waals surface area contributed by atoms with Gasteiger partial charge in [-0.25, -0.2) is 8.42 Å². The van der Waals surface area contributed by atoms with Crippen LogP contribution in [0.25, 0.3) is 10.6 Å². The van der Waals surface area contributed by atoms with E-state index in [1.54, 1.807) is 0 Å². The van der Waals surface area contributed by atoms with Crippen molar-refractivity contribution in [3.05, 3.63) is 58.1 Å². The van der Waals surface area contributed by atoms with Gasteiger partial charge in [-0.1, -0.05) is 17.4 Å². The standard InChI is InChI=1S/C23H26N4O3S2/c1-14-13-15(2)17(4)20(16(14)3)22-25-26-23(31-22)24-21(28)18-7-9-19(10-8-18)32(29,30)27-11-5-6-12-27/h7-10,13H,5-6,11-12H2,1-4H3,(H,24,26,28). The molecule has 0 aliphatic carbocycles. The van der Waals surface area contributed by atoms with Crippen molar-refractivity contribution in [3.63, 3.8) is 0 Å². The molecule has 4 rings (SSSR count). The monoisotopic (exact) mass is 470 g/mol. The Balaban J connectivity index is 1.52. The van der Waals surface area contributed by atoms with Crippen molar-refractivity contribution in [1.82, 2.24) is 14.5 Å². The number of carbonyl (C=O) groups excluding carboxylic acids is 1. The van der Waals surface area contributed by atoms with E-state index < -0.39 is 10.0 Å². The average molecular weight is 471 g/mol. The van der Waals surface area contributed by atoms with Gasteiger partial charge in [0.2, 0.25) is 15.2 Å². The van der Waals surface area contributed by atoms with Crippen molar-refractivity contribution in [2.45, 2.75) is 45.4 Å². The summed E-state index contributed by atoms with van der Waals surface area (Å²) in [6.45, 7) is 9.36. The Morgan fingerprint density at radius 2 is 1.56 bits per heavy atom. The molecule has 32 heavy (non-hydrogen) atoms. The molecule has 1 saturated heterocycles. The van der Waals surface area contributed by atoms with Gasteiger partial charge in [0.25, 0.3) is 5.91 Å². The summed E-state index contributed by atoms with van der Waals surface area (Å²) in [5.74, 6) is -0.355. The molecule has 1 amide bonds. The largest absolute Gasteiger partial charge is 0.296 e. The third-order valence-electron chi connectivity index (χ3n) is 6.04. The smallest absolute Gasteiger partial charge is 0.257 e. The molecular formula is C23H26N4O3S2. The lowest BCUT2D eigenvalue weighted by Crippen LogP contribution is -2.27. The molecule has 1 aromatic heterocycles. The molecule has 7 nitrogen and oxygen atoms in total. The summed E-state index contributed by atoms with van der Waals surface area (Å²) in [4.78, 5) is 12.9. The van der Waals surface area contributed by atoms with Crippen molar-refractivity contribution in [3.8, 4) is 10.6 Å². The van der Waals surface area contributed by atoms with E-state index in [-0.39, 0.29) is 10.8 Å². The summed E-state index contributed by atoms with van der Waals surface area (Å²) in [7, 11) is -3.50. The number of amides is 1. The Labute approximate surface area is 192 Å². The number of hydrogen-bond donors (Lipinski definition) is 1. The lowest BCUT2D eigenvalue weighted by atomic mass is 9.95. The first-order valence-corrected chi connectivity index (χ1v) is 12.8. The first kappa shape index (κ1) is 22.6. The molecule has 1 fully saturated rings. The van der Waals surface area contributed by atoms with Gasteiger partial charge in [-0.3, -0.25) is 10.1 Å². The predicted molar refractivity (Wildman–Crippen MR) is 127 cm³/mol. The van der Waals surface area contributed by atoms with E-state index in [4.69, 9.17) is 0 Å². The van der Waals surface area contributed by atoms with Crippen LogP contribution in [0.4, 0.5) is 5.13 Å². The van der Waals surface area contributed by atoms with Gasteiger partial charge in [0.15, 0.2) is 0 Å². The fourth-order valence-corrected chi connectivity index (χ4v) is 6.35. The second kappa shape index (κ2) is 8.73. The number of carbonyl (C=O) groups is 1. The molecule has 0 radical (unpaired) electrons. The maximum Gasteiger partial charge on any atom is 0.257 e. The van der Waals surface area contributed by atoms with E-state index in [0.717, 1.165) is 34.5 Å². The van der Waals surface area contributed by atoms with Crippen LogP contribution in [0.3, 0.4) is 0 Å². The number of hydrogen-bond acceptors (Lipinski definition) is 6. The van der Waals surface area contributed by atoms with Crippen LogP contribution in [0.2, 0.25) is 0 Å². The fourth-order valence-electron chi connectivity index (χ4n) is 3.94. The number of aromatic nitrogens is 2. The normalized spacial score (nSPS) is 14.6. The molecule has 0 spiro atoms. The molecule has 2 aromatic carbocycles. The van der Waals surface area contributed by atoms with E-state index in [0.29, 0.717) is 23.8 Å². The zero-order valence-corrected chi connectivity index (χ0v) is 20.2. The molecule has 0 bridgehead atoms. The predicted octanol–water partition coefficient (Wildman–Crippen LogP) is 4.48. The van der Waals surface area contributed by atoms with Crippen LogP contribution in [0.15, 0.2) is 35.2 Å². The Morgan fingerprint density at radius 1 is 0.969 bits per heavy atom. The fraction of sp³-hybridized carbons (Fsp3) is 0.348. The third-order valence-corrected chi connectivity index (χ3v) is 8.81. The van der Waals surface area contributed by atoms with Gasteiger partial charge in [-0.15, -0.1) is 10.2 Å². The molecule has 1 aliphatic heterocycles. The molecule has 0 saturated carbocycles. The van der Waals surface area contributed by atoms with Gasteiger partial charge < -0.3 is 0 Å². The SMILES string of the molecule is Cc1cc(C)c(C)c(-c2nnc(NC(=O)c3ccc(S(=O)(=O)N4CCCC4)cc3)s2)c1C. The van der Waals surface area contributed by atoms with Crippen LogP contribution in [0.1, 0.15) is 45.5 Å². The minimum absolute atomic E-state index is 0.204. The number of rotatable bonds is 5. The van der Waals surface area contributed by atoms with Gasteiger partial charge in [0, 0.05) is 24.2 Å². The number of sulfonamides is 1. The second-order valence-corrected chi connectivity index (χ2v) is 11.1. The van der Waals surface area contributed by atoms with Gasteiger partial charge >= 0.3 is 0 Å². The van der Waals surface area contributed by atoms with Gasteiger partial charge in [-0.05, 0) is 87.1 Å². The van der Waals surface area contributed by atoms with Crippen LogP contribution in [-0.2, 0) is 10.0 Å². The number of nitrogens with one attached hydrogen (secondary N) is 1. The Bertz CT molecular complexity index is 1250. The summed E-state index contributed by atoms with van der Waals surface area (Å²) >= 11 is 1.32. The molecule has 3 aromatic rings. The molecule has 9 heteroatoms. The van der Waals surface area contributed by atoms with E-state index in [9.17, 15) is 13.2 Å². The second-order valence-electron chi connectivity index (χ2n) is 8.14. The lowest BCUT2D eigenvalue weighted by molar-refractivity contribution is 0.102. The minimum Gasteiger partial charge on any atom is -0.296 e. The third kappa shape index (κ3) is 4.20. The van der Waals surface area contributed by atoms with Crippen LogP contribution in [0, 0.1) is 27.7 Å². The van der Waals surface area contributed by atoms with Crippen LogP contribution >= 0.6 is 11.3 Å². The number of anilines is 1. The van der Waals surface area contributed by atoms with Gasteiger partial charge in [0.05, 0.1) is 4.90 Å². The topological polar surface area (TPSA) is 92.3 Å². The number of benzene rings is 2. The van der Waals surface area contributed by atoms with Crippen LogP contribution in [-0.4, -0.2) is 41.9 Å². The summed E-state index contributed by atoms with van der Waals surface area (Å²) in [6, 6.07) is 8.18. The molecule has 1 aliphatic rings. The van der Waals surface area contributed by atoms with E-state index in [1.807, 2.05) is 0 Å². The highest BCUT2D eigenvalue weighted by Gasteiger charge is 2.27. The Hall–Kier alpha value is -2.62. The van der Waals surface area contributed by atoms with Gasteiger partial charge in [-0.2, -0.15) is 4.31 Å². The minimum atomic E-state index is -3.50. The van der Waals surface area contributed by atoms with E-state index in [2.05, 4.69) is 49.3 Å². The molecule has 0 unspecified atom stereocenters. The summed E-state index contributed by atoms with van der Waals surface area (Å²) in [5, 5.41) is 12.4. The highest BCUT2D eigenvalue weighted by Crippen LogP contribution is 2.34. The first-order valence-electron chi connectivity index (χ1n) is 10.5. The molecule has 1 N–H and O–H groups in total. The molecule has 168 valence electrons. The van der Waals surface area contributed by atoms with E-state index >= 15 is 0 Å². The van der Waals surface area contributed by atoms with Crippen molar-refractivity contribution in [1.29, 1.82) is 0 Å². The average Bonchev–Trinajstić information content (AvgIpc) is 3.46.